The van der Waals surface area contributed by atoms with Gasteiger partial charge in [-0.3, -0.25) is 4.98 Å². The molecule has 0 N–H and O–H groups in total. The molecule has 0 saturated carbocycles. The van der Waals surface area contributed by atoms with Gasteiger partial charge in [0.2, 0.25) is 0 Å². The summed E-state index contributed by atoms with van der Waals surface area (Å²) >= 11 is 1.81. The van der Waals surface area contributed by atoms with Crippen molar-refractivity contribution in [1.82, 2.24) is 9.88 Å². The first-order chi connectivity index (χ1) is 9.44. The van der Waals surface area contributed by atoms with Gasteiger partial charge in [0.15, 0.2) is 0 Å². The third-order valence-electron chi connectivity index (χ3n) is 2.98. The van der Waals surface area contributed by atoms with E-state index in [-0.39, 0.29) is 6.09 Å². The predicted octanol–water partition coefficient (Wildman–Crippen LogP) is 3.57. The summed E-state index contributed by atoms with van der Waals surface area (Å²) in [6, 6.07) is 4.02. The van der Waals surface area contributed by atoms with Gasteiger partial charge < -0.3 is 9.64 Å². The molecule has 110 valence electrons. The van der Waals surface area contributed by atoms with Crippen LogP contribution in [0.5, 0.6) is 0 Å². The number of aromatic nitrogens is 1. The van der Waals surface area contributed by atoms with Crippen LogP contribution in [0.4, 0.5) is 4.79 Å². The topological polar surface area (TPSA) is 42.4 Å². The third-order valence-corrected chi connectivity index (χ3v) is 4.24. The molecule has 1 aromatic heterocycles. The van der Waals surface area contributed by atoms with E-state index in [1.54, 1.807) is 12.4 Å². The highest BCUT2D eigenvalue weighted by molar-refractivity contribution is 8.00. The second kappa shape index (κ2) is 6.48. The Kier molecular flexibility index (Phi) is 4.91. The molecule has 1 aliphatic rings. The lowest BCUT2D eigenvalue weighted by atomic mass is 10.1. The lowest BCUT2D eigenvalue weighted by Gasteiger charge is -2.33. The van der Waals surface area contributed by atoms with Crippen LogP contribution >= 0.6 is 11.8 Å². The molecule has 4 nitrogen and oxygen atoms in total. The zero-order valence-electron chi connectivity index (χ0n) is 12.3. The van der Waals surface area contributed by atoms with E-state index >= 15 is 0 Å². The Hall–Kier alpha value is -1.23. The Morgan fingerprint density at radius 1 is 1.40 bits per heavy atom. The maximum atomic E-state index is 12.1. The molecule has 1 aromatic rings. The molecular weight excluding hydrogens is 272 g/mol. The summed E-state index contributed by atoms with van der Waals surface area (Å²) in [6.45, 7) is 7.25. The second-order valence-electron chi connectivity index (χ2n) is 5.99. The number of carbonyl (C=O) groups is 1. The van der Waals surface area contributed by atoms with Crippen molar-refractivity contribution in [2.75, 3.05) is 13.1 Å². The van der Waals surface area contributed by atoms with Crippen LogP contribution in [0.25, 0.3) is 0 Å². The van der Waals surface area contributed by atoms with Crippen LogP contribution in [-0.4, -0.2) is 39.9 Å². The van der Waals surface area contributed by atoms with Crippen molar-refractivity contribution in [1.29, 1.82) is 0 Å². The molecule has 0 aromatic carbocycles. The molecule has 1 saturated heterocycles. The summed E-state index contributed by atoms with van der Waals surface area (Å²) < 4.78 is 5.44. The molecule has 1 atom stereocenters. The van der Waals surface area contributed by atoms with Crippen molar-refractivity contribution >= 4 is 17.9 Å². The number of piperidine rings is 1. The molecule has 2 rings (SSSR count). The Morgan fingerprint density at radius 2 is 2.10 bits per heavy atom. The number of nitrogens with zero attached hydrogens (tertiary/aromatic N) is 2. The number of amides is 1. The minimum atomic E-state index is -0.428. The monoisotopic (exact) mass is 294 g/mol. The number of hydrogen-bond acceptors (Lipinski definition) is 4. The average molecular weight is 294 g/mol. The summed E-state index contributed by atoms with van der Waals surface area (Å²) in [5.41, 5.74) is -0.428. The van der Waals surface area contributed by atoms with Gasteiger partial charge in [0, 0.05) is 35.6 Å². The molecule has 0 aliphatic carbocycles. The lowest BCUT2D eigenvalue weighted by Crippen LogP contribution is -2.43. The fourth-order valence-electron chi connectivity index (χ4n) is 2.14. The Balaban J connectivity index is 1.90. The van der Waals surface area contributed by atoms with Gasteiger partial charge in [-0.25, -0.2) is 4.79 Å². The molecule has 1 amide bonds. The summed E-state index contributed by atoms with van der Waals surface area (Å²) in [5.74, 6) is 0. The molecule has 0 bridgehead atoms. The molecule has 5 heteroatoms. The zero-order chi connectivity index (χ0) is 14.6. The number of hydrogen-bond donors (Lipinski definition) is 0. The van der Waals surface area contributed by atoms with Crippen molar-refractivity contribution in [3.63, 3.8) is 0 Å². The number of pyridine rings is 1. The van der Waals surface area contributed by atoms with Crippen molar-refractivity contribution in [3.8, 4) is 0 Å². The van der Waals surface area contributed by atoms with Crippen LogP contribution in [0.15, 0.2) is 29.4 Å². The van der Waals surface area contributed by atoms with Crippen molar-refractivity contribution < 1.29 is 9.53 Å². The molecule has 20 heavy (non-hydrogen) atoms. The minimum absolute atomic E-state index is 0.197. The van der Waals surface area contributed by atoms with Crippen LogP contribution in [0.3, 0.4) is 0 Å². The molecule has 0 radical (unpaired) electrons. The van der Waals surface area contributed by atoms with E-state index in [1.807, 2.05) is 49.6 Å². The number of likely N-dealkylation sites (tertiary alicyclic amines) is 1. The molecular formula is C15H22N2O2S. The number of carbonyl (C=O) groups excluding carboxylic acids is 1. The van der Waals surface area contributed by atoms with E-state index in [1.165, 1.54) is 4.90 Å². The standard InChI is InChI=1S/C15H22N2O2S/c1-15(2,3)19-14(18)17-10-4-5-13(11-17)20-12-6-8-16-9-7-12/h6-9,13H,4-5,10-11H2,1-3H3. The van der Waals surface area contributed by atoms with Gasteiger partial charge in [-0.1, -0.05) is 0 Å². The largest absolute Gasteiger partial charge is 0.444 e. The van der Waals surface area contributed by atoms with E-state index < -0.39 is 5.60 Å². The van der Waals surface area contributed by atoms with E-state index in [4.69, 9.17) is 4.74 Å². The third kappa shape index (κ3) is 4.71. The Bertz CT molecular complexity index is 445. The number of rotatable bonds is 2. The fraction of sp³-hybridized carbons (Fsp3) is 0.600. The van der Waals surface area contributed by atoms with Gasteiger partial charge in [-0.15, -0.1) is 11.8 Å². The van der Waals surface area contributed by atoms with E-state index in [0.29, 0.717) is 5.25 Å². The van der Waals surface area contributed by atoms with Crippen molar-refractivity contribution in [2.24, 2.45) is 0 Å². The highest BCUT2D eigenvalue weighted by atomic mass is 32.2. The Labute approximate surface area is 124 Å². The highest BCUT2D eigenvalue weighted by Crippen LogP contribution is 2.29. The predicted molar refractivity (Wildman–Crippen MR) is 80.9 cm³/mol. The minimum Gasteiger partial charge on any atom is -0.444 e. The molecule has 1 aliphatic heterocycles. The zero-order valence-corrected chi connectivity index (χ0v) is 13.2. The molecule has 1 fully saturated rings. The Morgan fingerprint density at radius 3 is 2.75 bits per heavy atom. The normalized spacial score (nSPS) is 19.8. The van der Waals surface area contributed by atoms with Crippen LogP contribution in [-0.2, 0) is 4.74 Å². The van der Waals surface area contributed by atoms with Crippen molar-refractivity contribution in [3.05, 3.63) is 24.5 Å². The summed E-state index contributed by atoms with van der Waals surface area (Å²) in [5, 5.41) is 0.429. The van der Waals surface area contributed by atoms with Crippen LogP contribution in [0.1, 0.15) is 33.6 Å². The first-order valence-corrected chi connectivity index (χ1v) is 7.86. The van der Waals surface area contributed by atoms with Gasteiger partial charge in [-0.05, 0) is 45.7 Å². The van der Waals surface area contributed by atoms with Crippen LogP contribution in [0, 0.1) is 0 Å². The summed E-state index contributed by atoms with van der Waals surface area (Å²) in [6.07, 6.45) is 5.57. The first kappa shape index (κ1) is 15.2. The molecule has 1 unspecified atom stereocenters. The highest BCUT2D eigenvalue weighted by Gasteiger charge is 2.27. The smallest absolute Gasteiger partial charge is 0.410 e. The van der Waals surface area contributed by atoms with Crippen LogP contribution in [0.2, 0.25) is 0 Å². The molecule has 2 heterocycles. The maximum absolute atomic E-state index is 12.1. The molecule has 0 spiro atoms. The van der Waals surface area contributed by atoms with Gasteiger partial charge >= 0.3 is 6.09 Å². The van der Waals surface area contributed by atoms with Gasteiger partial charge in [0.1, 0.15) is 5.60 Å². The van der Waals surface area contributed by atoms with Gasteiger partial charge in [0.25, 0.3) is 0 Å². The number of thioether (sulfide) groups is 1. The summed E-state index contributed by atoms with van der Waals surface area (Å²) in [7, 11) is 0. The number of ether oxygens (including phenoxy) is 1. The maximum Gasteiger partial charge on any atom is 0.410 e. The lowest BCUT2D eigenvalue weighted by molar-refractivity contribution is 0.0220. The quantitative estimate of drug-likeness (QED) is 0.836. The second-order valence-corrected chi connectivity index (χ2v) is 7.37. The van der Waals surface area contributed by atoms with Gasteiger partial charge in [0.05, 0.1) is 0 Å². The van der Waals surface area contributed by atoms with E-state index in [9.17, 15) is 4.79 Å². The van der Waals surface area contributed by atoms with Gasteiger partial charge in [-0.2, -0.15) is 0 Å². The average Bonchev–Trinajstić information content (AvgIpc) is 2.38. The van der Waals surface area contributed by atoms with Crippen molar-refractivity contribution in [2.45, 2.75) is 49.4 Å². The fourth-order valence-corrected chi connectivity index (χ4v) is 3.34. The first-order valence-electron chi connectivity index (χ1n) is 6.99. The SMILES string of the molecule is CC(C)(C)OC(=O)N1CCCC(Sc2ccncc2)C1. The summed E-state index contributed by atoms with van der Waals surface area (Å²) in [4.78, 5) is 19.2. The van der Waals surface area contributed by atoms with Crippen LogP contribution < -0.4 is 0 Å². The van der Waals surface area contributed by atoms with E-state index in [0.717, 1.165) is 25.9 Å². The van der Waals surface area contributed by atoms with E-state index in [2.05, 4.69) is 4.98 Å².